The lowest BCUT2D eigenvalue weighted by Crippen LogP contribution is -1.87. The highest BCUT2D eigenvalue weighted by Gasteiger charge is 2.21. The van der Waals surface area contributed by atoms with Crippen LogP contribution in [0.1, 0.15) is 163 Å². The average Bonchev–Trinajstić information content (AvgIpc) is 4.05. The van der Waals surface area contributed by atoms with Crippen LogP contribution in [0.15, 0.2) is 36.4 Å². The van der Waals surface area contributed by atoms with Gasteiger partial charge in [0, 0.05) is 49.8 Å². The van der Waals surface area contributed by atoms with E-state index in [1.807, 2.05) is 56.7 Å². The van der Waals surface area contributed by atoms with Gasteiger partial charge in [0.15, 0.2) is 0 Å². The van der Waals surface area contributed by atoms with Crippen molar-refractivity contribution in [1.29, 1.82) is 0 Å². The summed E-state index contributed by atoms with van der Waals surface area (Å²) in [7, 11) is 0. The van der Waals surface area contributed by atoms with E-state index in [1.165, 1.54) is 217 Å². The van der Waals surface area contributed by atoms with Crippen LogP contribution in [-0.4, -0.2) is 8.75 Å². The molecule has 0 aliphatic rings. The molecule has 2 nitrogen and oxygen atoms in total. The third-order valence-electron chi connectivity index (χ3n) is 11.5. The lowest BCUT2D eigenvalue weighted by Gasteiger charge is -2.04. The van der Waals surface area contributed by atoms with Gasteiger partial charge in [-0.1, -0.05) is 142 Å². The molecule has 0 fully saturated rings. The predicted molar refractivity (Wildman–Crippen MR) is 259 cm³/mol. The summed E-state index contributed by atoms with van der Waals surface area (Å²) in [6.07, 6.45) is 29.9. The molecule has 6 aromatic heterocycles. The molecule has 0 amide bonds. The highest BCUT2D eigenvalue weighted by atomic mass is 32.1. The van der Waals surface area contributed by atoms with Gasteiger partial charge >= 0.3 is 0 Å². The number of unbranched alkanes of at least 4 members (excludes halogenated alkanes) is 18. The summed E-state index contributed by atoms with van der Waals surface area (Å²) in [5.41, 5.74) is 7.66. The lowest BCUT2D eigenvalue weighted by molar-refractivity contribution is 0.556. The Kier molecular flexibility index (Phi) is 16.1. The average molecular weight is 859 g/mol. The number of hydrogen-bond donors (Lipinski definition) is 0. The monoisotopic (exact) mass is 858 g/mol. The summed E-state index contributed by atoms with van der Waals surface area (Å²) in [6, 6.07) is 14.5. The molecule has 0 aliphatic heterocycles. The van der Waals surface area contributed by atoms with Gasteiger partial charge in [-0.25, -0.2) is 0 Å². The molecule has 0 N–H and O–H groups in total. The number of benzene rings is 1. The van der Waals surface area contributed by atoms with Crippen LogP contribution in [0.5, 0.6) is 0 Å². The van der Waals surface area contributed by atoms with E-state index in [9.17, 15) is 0 Å². The summed E-state index contributed by atoms with van der Waals surface area (Å²) >= 11 is 11.2. The minimum Gasteiger partial charge on any atom is -0.172 e. The van der Waals surface area contributed by atoms with E-state index in [4.69, 9.17) is 8.75 Å². The fourth-order valence-electron chi connectivity index (χ4n) is 8.29. The third-order valence-corrected chi connectivity index (χ3v) is 18.3. The molecule has 0 atom stereocenters. The van der Waals surface area contributed by atoms with Crippen LogP contribution in [-0.2, 0) is 12.8 Å². The molecule has 0 spiro atoms. The van der Waals surface area contributed by atoms with Crippen LogP contribution < -0.4 is 0 Å². The van der Waals surface area contributed by atoms with E-state index in [-0.39, 0.29) is 0 Å². The lowest BCUT2D eigenvalue weighted by atomic mass is 10.0. The van der Waals surface area contributed by atoms with E-state index in [2.05, 4.69) is 64.1 Å². The predicted octanol–water partition coefficient (Wildman–Crippen LogP) is 18.8. The molecule has 300 valence electrons. The molecule has 0 bridgehead atoms. The molecule has 0 aliphatic carbocycles. The standard InChI is InChI=1S/C48H62N2S6/c1-5-7-9-11-13-15-17-19-21-23-25-35-30-39(52-34(35)4)37-27-28-38(45-44(37)49-56-50-45)40-31-36(26-24-22-20-18-16-14-12-10-8-6-2)46(54-40)42-32-43-48(55-42)47-41(53-43)29-33(3)51-47/h27-32H,5-26H2,1-4H3. The van der Waals surface area contributed by atoms with Gasteiger partial charge < -0.3 is 0 Å². The van der Waals surface area contributed by atoms with Gasteiger partial charge in [0.1, 0.15) is 11.0 Å². The van der Waals surface area contributed by atoms with Crippen LogP contribution >= 0.6 is 68.4 Å². The first-order chi connectivity index (χ1) is 27.5. The zero-order valence-corrected chi connectivity index (χ0v) is 39.3. The Labute approximate surface area is 361 Å². The van der Waals surface area contributed by atoms with Crippen LogP contribution in [0.3, 0.4) is 0 Å². The number of hydrogen-bond acceptors (Lipinski definition) is 8. The smallest absolute Gasteiger partial charge is 0.114 e. The highest BCUT2D eigenvalue weighted by Crippen LogP contribution is 2.50. The SMILES string of the molecule is CCCCCCCCCCCCc1cc(-c2ccc(-c3cc(CCCCCCCCCCCC)c(-c4cc5sc6cc(C)sc6c5s4)s3)c3nsnc23)sc1C. The summed E-state index contributed by atoms with van der Waals surface area (Å²) in [5, 5.41) is 0. The summed E-state index contributed by atoms with van der Waals surface area (Å²) < 4.78 is 15.8. The topological polar surface area (TPSA) is 25.8 Å². The summed E-state index contributed by atoms with van der Waals surface area (Å²) in [5.74, 6) is 0. The van der Waals surface area contributed by atoms with Crippen molar-refractivity contribution in [3.05, 3.63) is 57.3 Å². The Morgan fingerprint density at radius 2 is 0.929 bits per heavy atom. The Hall–Kier alpha value is -1.94. The van der Waals surface area contributed by atoms with Gasteiger partial charge in [0.25, 0.3) is 0 Å². The van der Waals surface area contributed by atoms with Crippen molar-refractivity contribution in [3.8, 4) is 30.6 Å². The molecule has 0 unspecified atom stereocenters. The fraction of sp³-hybridized carbons (Fsp3) is 0.542. The first kappa shape index (κ1) is 42.2. The van der Waals surface area contributed by atoms with Crippen molar-refractivity contribution >= 4 is 98.2 Å². The van der Waals surface area contributed by atoms with Gasteiger partial charge in [0.05, 0.1) is 21.1 Å². The van der Waals surface area contributed by atoms with Crippen LogP contribution in [0.25, 0.3) is 60.5 Å². The second kappa shape index (κ2) is 21.4. The Balaban J connectivity index is 1.05. The molecule has 7 aromatic rings. The van der Waals surface area contributed by atoms with E-state index >= 15 is 0 Å². The normalized spacial score (nSPS) is 12.1. The van der Waals surface area contributed by atoms with E-state index < -0.39 is 0 Å². The maximum atomic E-state index is 4.97. The van der Waals surface area contributed by atoms with E-state index in [0.29, 0.717) is 0 Å². The van der Waals surface area contributed by atoms with Crippen molar-refractivity contribution in [1.82, 2.24) is 8.75 Å². The number of thiophene rings is 5. The summed E-state index contributed by atoms with van der Waals surface area (Å²) in [4.78, 5) is 8.46. The number of aryl methyl sites for hydroxylation is 4. The van der Waals surface area contributed by atoms with E-state index in [0.717, 1.165) is 17.5 Å². The van der Waals surface area contributed by atoms with Crippen molar-refractivity contribution in [2.75, 3.05) is 0 Å². The largest absolute Gasteiger partial charge is 0.172 e. The first-order valence-corrected chi connectivity index (χ1v) is 26.8. The second-order valence-electron chi connectivity index (χ2n) is 16.1. The van der Waals surface area contributed by atoms with Crippen LogP contribution in [0.2, 0.25) is 0 Å². The molecule has 0 radical (unpaired) electrons. The molecule has 56 heavy (non-hydrogen) atoms. The number of aromatic nitrogens is 2. The quantitative estimate of drug-likeness (QED) is 0.0535. The number of rotatable bonds is 25. The van der Waals surface area contributed by atoms with Crippen LogP contribution in [0.4, 0.5) is 0 Å². The van der Waals surface area contributed by atoms with Crippen molar-refractivity contribution in [2.45, 2.75) is 169 Å². The van der Waals surface area contributed by atoms with Crippen molar-refractivity contribution < 1.29 is 0 Å². The molecular formula is C48H62N2S6. The molecule has 6 heterocycles. The zero-order chi connectivity index (χ0) is 38.7. The highest BCUT2D eigenvalue weighted by molar-refractivity contribution is 7.40. The Morgan fingerprint density at radius 3 is 1.52 bits per heavy atom. The van der Waals surface area contributed by atoms with Gasteiger partial charge in [-0.3, -0.25) is 0 Å². The van der Waals surface area contributed by atoms with Crippen LogP contribution in [0, 0.1) is 13.8 Å². The maximum Gasteiger partial charge on any atom is 0.114 e. The third kappa shape index (κ3) is 10.6. The molecule has 0 saturated heterocycles. The fourth-order valence-corrected chi connectivity index (χ4v) is 15.3. The minimum atomic E-state index is 1.07. The Bertz CT molecular complexity index is 2250. The zero-order valence-electron chi connectivity index (χ0n) is 34.4. The number of fused-ring (bicyclic) bond motifs is 4. The van der Waals surface area contributed by atoms with Crippen molar-refractivity contribution in [3.63, 3.8) is 0 Å². The first-order valence-electron chi connectivity index (χ1n) is 21.9. The summed E-state index contributed by atoms with van der Waals surface area (Å²) in [6.45, 7) is 9.16. The molecule has 7 rings (SSSR count). The van der Waals surface area contributed by atoms with E-state index in [1.54, 1.807) is 0 Å². The molecule has 8 heteroatoms. The minimum absolute atomic E-state index is 1.07. The Morgan fingerprint density at radius 1 is 0.446 bits per heavy atom. The molecular weight excluding hydrogens is 797 g/mol. The second-order valence-corrected chi connectivity index (χ2v) is 22.3. The van der Waals surface area contributed by atoms with Gasteiger partial charge in [-0.15, -0.1) is 56.7 Å². The molecule has 0 saturated carbocycles. The van der Waals surface area contributed by atoms with Gasteiger partial charge in [-0.2, -0.15) is 8.75 Å². The number of nitrogens with zero attached hydrogens (tertiary/aromatic N) is 2. The van der Waals surface area contributed by atoms with Crippen molar-refractivity contribution in [2.24, 2.45) is 0 Å². The van der Waals surface area contributed by atoms with Gasteiger partial charge in [-0.05, 0) is 74.9 Å². The molecule has 1 aromatic carbocycles. The maximum absolute atomic E-state index is 4.97. The van der Waals surface area contributed by atoms with Gasteiger partial charge in [0.2, 0.25) is 0 Å².